The Bertz CT molecular complexity index is 815. The van der Waals surface area contributed by atoms with Gasteiger partial charge in [-0.1, -0.05) is 30.4 Å². The van der Waals surface area contributed by atoms with E-state index in [2.05, 4.69) is 47.1 Å². The molecule has 0 atom stereocenters. The van der Waals surface area contributed by atoms with Crippen LogP contribution in [0.5, 0.6) is 0 Å². The van der Waals surface area contributed by atoms with Crippen LogP contribution in [0.1, 0.15) is 41.3 Å². The predicted octanol–water partition coefficient (Wildman–Crippen LogP) is 4.40. The molecule has 0 N–H and O–H groups in total. The summed E-state index contributed by atoms with van der Waals surface area (Å²) in [5.41, 5.74) is 2.42. The average Bonchev–Trinajstić information content (AvgIpc) is 3.22. The Morgan fingerprint density at radius 2 is 2.00 bits per heavy atom. The quantitative estimate of drug-likeness (QED) is 0.706. The molecule has 0 unspecified atom stereocenters. The number of nitrogens with zero attached hydrogens (tertiary/aromatic N) is 4. The molecule has 0 aliphatic carbocycles. The summed E-state index contributed by atoms with van der Waals surface area (Å²) in [6.45, 7) is 6.40. The fraction of sp³-hybridized carbons (Fsp3) is 0.471. The third kappa shape index (κ3) is 2.85. The first-order valence-corrected chi connectivity index (χ1v) is 9.81. The molecule has 1 fully saturated rings. The Labute approximate surface area is 144 Å². The maximum Gasteiger partial charge on any atom is 0.186 e. The minimum Gasteiger partial charge on any atom is -0.348 e. The van der Waals surface area contributed by atoms with Crippen LogP contribution in [0.25, 0.3) is 10.2 Å². The SMILES string of the molecule is CCc1nnc(C2CCN(c3nc4c(C)cccc4s3)CC2)s1. The minimum absolute atomic E-state index is 0.570. The van der Waals surface area contributed by atoms with Gasteiger partial charge in [-0.3, -0.25) is 0 Å². The van der Waals surface area contributed by atoms with Crippen molar-refractivity contribution in [3.8, 4) is 0 Å². The lowest BCUT2D eigenvalue weighted by atomic mass is 9.98. The molecule has 1 aliphatic rings. The summed E-state index contributed by atoms with van der Waals surface area (Å²) >= 11 is 3.60. The smallest absolute Gasteiger partial charge is 0.186 e. The topological polar surface area (TPSA) is 41.9 Å². The lowest BCUT2D eigenvalue weighted by Gasteiger charge is -2.30. The monoisotopic (exact) mass is 344 g/mol. The second-order valence-electron chi connectivity index (χ2n) is 6.07. The fourth-order valence-corrected chi connectivity index (χ4v) is 5.15. The number of para-hydroxylation sites is 1. The first-order chi connectivity index (χ1) is 11.2. The van der Waals surface area contributed by atoms with Gasteiger partial charge >= 0.3 is 0 Å². The number of benzene rings is 1. The number of hydrogen-bond acceptors (Lipinski definition) is 6. The van der Waals surface area contributed by atoms with Crippen LogP contribution in [0.2, 0.25) is 0 Å². The zero-order valence-corrected chi connectivity index (χ0v) is 15.1. The van der Waals surface area contributed by atoms with Crippen molar-refractivity contribution in [2.75, 3.05) is 18.0 Å². The van der Waals surface area contributed by atoms with E-state index in [4.69, 9.17) is 4.98 Å². The van der Waals surface area contributed by atoms with E-state index in [1.165, 1.54) is 20.4 Å². The lowest BCUT2D eigenvalue weighted by molar-refractivity contribution is 0.500. The zero-order valence-electron chi connectivity index (χ0n) is 13.5. The molecule has 0 bridgehead atoms. The summed E-state index contributed by atoms with van der Waals surface area (Å²) in [5.74, 6) is 0.570. The van der Waals surface area contributed by atoms with Gasteiger partial charge in [-0.15, -0.1) is 21.5 Å². The van der Waals surface area contributed by atoms with Crippen molar-refractivity contribution < 1.29 is 0 Å². The Morgan fingerprint density at radius 3 is 2.70 bits per heavy atom. The normalized spacial score (nSPS) is 16.3. The Hall–Kier alpha value is -1.53. The molecule has 4 nitrogen and oxygen atoms in total. The highest BCUT2D eigenvalue weighted by molar-refractivity contribution is 7.22. The van der Waals surface area contributed by atoms with E-state index in [-0.39, 0.29) is 0 Å². The number of thiazole rings is 1. The maximum atomic E-state index is 4.87. The molecule has 23 heavy (non-hydrogen) atoms. The fourth-order valence-electron chi connectivity index (χ4n) is 3.10. The standard InChI is InChI=1S/C17H20N4S2/c1-3-14-19-20-16(23-14)12-7-9-21(10-8-12)17-18-15-11(2)5-4-6-13(15)22-17/h4-6,12H,3,7-10H2,1-2H3. The third-order valence-electron chi connectivity index (χ3n) is 4.51. The van der Waals surface area contributed by atoms with Crippen LogP contribution in [0.3, 0.4) is 0 Å². The van der Waals surface area contributed by atoms with E-state index in [9.17, 15) is 0 Å². The summed E-state index contributed by atoms with van der Waals surface area (Å²) in [6.07, 6.45) is 3.28. The van der Waals surface area contributed by atoms with Crippen molar-refractivity contribution >= 4 is 38.0 Å². The zero-order chi connectivity index (χ0) is 15.8. The van der Waals surface area contributed by atoms with E-state index in [1.54, 1.807) is 11.3 Å². The molecule has 4 rings (SSSR count). The number of aryl methyl sites for hydroxylation is 2. The Balaban J connectivity index is 1.49. The summed E-state index contributed by atoms with van der Waals surface area (Å²) in [7, 11) is 0. The number of hydrogen-bond donors (Lipinski definition) is 0. The Kier molecular flexibility index (Phi) is 4.03. The van der Waals surface area contributed by atoms with Gasteiger partial charge in [0.15, 0.2) is 5.13 Å². The second kappa shape index (κ2) is 6.17. The first kappa shape index (κ1) is 15.0. The number of fused-ring (bicyclic) bond motifs is 1. The van der Waals surface area contributed by atoms with Crippen LogP contribution in [0.15, 0.2) is 18.2 Å². The van der Waals surface area contributed by atoms with Gasteiger partial charge in [0.05, 0.1) is 10.2 Å². The van der Waals surface area contributed by atoms with Crippen LogP contribution >= 0.6 is 22.7 Å². The lowest BCUT2D eigenvalue weighted by Crippen LogP contribution is -2.32. The van der Waals surface area contributed by atoms with Gasteiger partial charge in [0, 0.05) is 19.0 Å². The molecule has 6 heteroatoms. The maximum absolute atomic E-state index is 4.87. The molecule has 1 saturated heterocycles. The van der Waals surface area contributed by atoms with Crippen LogP contribution in [0.4, 0.5) is 5.13 Å². The number of piperidine rings is 1. The molecule has 0 radical (unpaired) electrons. The molecule has 0 saturated carbocycles. The van der Waals surface area contributed by atoms with Gasteiger partial charge < -0.3 is 4.90 Å². The molecule has 0 spiro atoms. The summed E-state index contributed by atoms with van der Waals surface area (Å²) < 4.78 is 1.29. The largest absolute Gasteiger partial charge is 0.348 e. The van der Waals surface area contributed by atoms with Gasteiger partial charge in [-0.05, 0) is 37.8 Å². The highest BCUT2D eigenvalue weighted by atomic mass is 32.1. The van der Waals surface area contributed by atoms with Gasteiger partial charge in [0.25, 0.3) is 0 Å². The molecule has 1 aromatic carbocycles. The number of aromatic nitrogens is 3. The highest BCUT2D eigenvalue weighted by Crippen LogP contribution is 2.35. The van der Waals surface area contributed by atoms with Gasteiger partial charge in [-0.2, -0.15) is 0 Å². The van der Waals surface area contributed by atoms with Crippen molar-refractivity contribution in [3.05, 3.63) is 33.8 Å². The van der Waals surface area contributed by atoms with E-state index in [0.29, 0.717) is 5.92 Å². The van der Waals surface area contributed by atoms with Crippen LogP contribution in [-0.4, -0.2) is 28.3 Å². The molecule has 3 heterocycles. The number of anilines is 1. The van der Waals surface area contributed by atoms with E-state index in [1.807, 2.05) is 11.3 Å². The van der Waals surface area contributed by atoms with Crippen molar-refractivity contribution in [1.29, 1.82) is 0 Å². The van der Waals surface area contributed by atoms with Crippen LogP contribution in [-0.2, 0) is 6.42 Å². The Morgan fingerprint density at radius 1 is 1.17 bits per heavy atom. The van der Waals surface area contributed by atoms with Crippen molar-refractivity contribution in [2.45, 2.75) is 39.0 Å². The molecule has 120 valence electrons. The van der Waals surface area contributed by atoms with E-state index in [0.717, 1.165) is 42.9 Å². The van der Waals surface area contributed by atoms with E-state index < -0.39 is 0 Å². The number of rotatable bonds is 3. The van der Waals surface area contributed by atoms with Crippen molar-refractivity contribution in [3.63, 3.8) is 0 Å². The molecule has 1 aliphatic heterocycles. The molecule has 3 aromatic rings. The average molecular weight is 345 g/mol. The molecular formula is C17H20N4S2. The summed E-state index contributed by atoms with van der Waals surface area (Å²) in [4.78, 5) is 7.30. The van der Waals surface area contributed by atoms with Crippen LogP contribution in [0, 0.1) is 6.92 Å². The van der Waals surface area contributed by atoms with E-state index >= 15 is 0 Å². The summed E-state index contributed by atoms with van der Waals surface area (Å²) in [6, 6.07) is 6.43. The van der Waals surface area contributed by atoms with Gasteiger partial charge in [0.2, 0.25) is 0 Å². The molecule has 2 aromatic heterocycles. The van der Waals surface area contributed by atoms with Crippen LogP contribution < -0.4 is 4.90 Å². The van der Waals surface area contributed by atoms with Gasteiger partial charge in [-0.25, -0.2) is 4.98 Å². The van der Waals surface area contributed by atoms with Gasteiger partial charge in [0.1, 0.15) is 10.0 Å². The second-order valence-corrected chi connectivity index (χ2v) is 8.17. The highest BCUT2D eigenvalue weighted by Gasteiger charge is 2.25. The predicted molar refractivity (Wildman–Crippen MR) is 97.8 cm³/mol. The molecular weight excluding hydrogens is 324 g/mol. The first-order valence-electron chi connectivity index (χ1n) is 8.18. The summed E-state index contributed by atoms with van der Waals surface area (Å²) in [5, 5.41) is 12.2. The molecule has 0 amide bonds. The third-order valence-corrected chi connectivity index (χ3v) is 6.82. The van der Waals surface area contributed by atoms with Crippen molar-refractivity contribution in [1.82, 2.24) is 15.2 Å². The van der Waals surface area contributed by atoms with Crippen molar-refractivity contribution in [2.24, 2.45) is 0 Å². The minimum atomic E-state index is 0.570.